The topological polar surface area (TPSA) is 159 Å². The molecule has 10 nitrogen and oxygen atoms in total. The molecule has 0 radical (unpaired) electrons. The van der Waals surface area contributed by atoms with E-state index >= 15 is 0 Å². The molecule has 0 atom stereocenters. The Morgan fingerprint density at radius 2 is 1.50 bits per heavy atom. The van der Waals surface area contributed by atoms with Gasteiger partial charge in [0.15, 0.2) is 0 Å². The third-order valence-corrected chi connectivity index (χ3v) is 3.24. The van der Waals surface area contributed by atoms with E-state index in [1.165, 1.54) is 0 Å². The predicted molar refractivity (Wildman–Crippen MR) is 49.8 cm³/mol. The van der Waals surface area contributed by atoms with E-state index in [-0.39, 0.29) is 4.34 Å². The van der Waals surface area contributed by atoms with E-state index in [4.69, 9.17) is 19.6 Å². The highest BCUT2D eigenvalue weighted by molar-refractivity contribution is 7.50. The second kappa shape index (κ2) is 3.77. The third kappa shape index (κ3) is 2.38. The Labute approximate surface area is 86.8 Å². The van der Waals surface area contributed by atoms with Gasteiger partial charge in [0.25, 0.3) is 5.56 Å². The minimum atomic E-state index is -5.26. The van der Waals surface area contributed by atoms with E-state index in [9.17, 15) is 18.7 Å². The maximum absolute atomic E-state index is 11.2. The summed E-state index contributed by atoms with van der Waals surface area (Å²) in [6, 6.07) is 0.458. The highest BCUT2D eigenvalue weighted by Crippen LogP contribution is 2.36. The molecular formula is C4H6N2O8P2. The zero-order valence-corrected chi connectivity index (χ0v) is 9.15. The number of aromatic nitrogens is 2. The van der Waals surface area contributed by atoms with Gasteiger partial charge in [-0.3, -0.25) is 4.79 Å². The van der Waals surface area contributed by atoms with Gasteiger partial charge >= 0.3 is 21.2 Å². The zero-order valence-electron chi connectivity index (χ0n) is 7.37. The number of rotatable bonds is 2. The van der Waals surface area contributed by atoms with Crippen molar-refractivity contribution in [3.8, 4) is 0 Å². The standard InChI is InChI=1S/C4H6N2O8P2/c7-3-1-2-5(15(9,10)11)4(8)6(3)16(12,13)14/h1-2H,(H2,9,10,11)(H2,12,13,14). The van der Waals surface area contributed by atoms with Crippen molar-refractivity contribution in [2.75, 3.05) is 0 Å². The zero-order chi connectivity index (χ0) is 12.7. The SMILES string of the molecule is O=c1ccn(P(=O)(O)O)c(=O)n1P(=O)(O)O. The monoisotopic (exact) mass is 272 g/mol. The number of hydrogen-bond acceptors (Lipinski definition) is 4. The Balaban J connectivity index is 3.80. The van der Waals surface area contributed by atoms with Crippen LogP contribution in [0.2, 0.25) is 0 Å². The molecule has 0 amide bonds. The first kappa shape index (κ1) is 13.0. The second-order valence-corrected chi connectivity index (χ2v) is 5.50. The summed E-state index contributed by atoms with van der Waals surface area (Å²) in [5.41, 5.74) is -3.14. The molecule has 1 heterocycles. The van der Waals surface area contributed by atoms with Gasteiger partial charge in [0, 0.05) is 12.3 Å². The van der Waals surface area contributed by atoms with E-state index in [2.05, 4.69) is 0 Å². The van der Waals surface area contributed by atoms with Crippen LogP contribution in [-0.2, 0) is 9.13 Å². The molecule has 0 bridgehead atoms. The van der Waals surface area contributed by atoms with Crippen molar-refractivity contribution in [1.82, 2.24) is 8.68 Å². The first-order chi connectivity index (χ1) is 7.05. The summed E-state index contributed by atoms with van der Waals surface area (Å²) in [5, 5.41) is 0. The maximum atomic E-state index is 11.2. The molecule has 0 unspecified atom stereocenters. The molecule has 0 saturated heterocycles. The largest absolute Gasteiger partial charge is 0.440 e. The van der Waals surface area contributed by atoms with E-state index in [0.717, 1.165) is 0 Å². The van der Waals surface area contributed by atoms with E-state index < -0.39 is 31.1 Å². The smallest absolute Gasteiger partial charge is 0.308 e. The maximum Gasteiger partial charge on any atom is 0.440 e. The van der Waals surface area contributed by atoms with Crippen LogP contribution in [0.5, 0.6) is 0 Å². The minimum absolute atomic E-state index is 0.243. The van der Waals surface area contributed by atoms with Crippen molar-refractivity contribution in [2.24, 2.45) is 0 Å². The first-order valence-electron chi connectivity index (χ1n) is 3.52. The minimum Gasteiger partial charge on any atom is -0.308 e. The second-order valence-electron chi connectivity index (χ2n) is 2.62. The summed E-state index contributed by atoms with van der Waals surface area (Å²) < 4.78 is 20.7. The van der Waals surface area contributed by atoms with E-state index in [0.29, 0.717) is 12.3 Å². The first-order valence-corrected chi connectivity index (χ1v) is 6.65. The lowest BCUT2D eigenvalue weighted by molar-refractivity contribution is 0.349. The lowest BCUT2D eigenvalue weighted by Crippen LogP contribution is -2.36. The van der Waals surface area contributed by atoms with Gasteiger partial charge in [-0.05, 0) is 0 Å². The fourth-order valence-electron chi connectivity index (χ4n) is 0.898. The molecule has 0 saturated carbocycles. The van der Waals surface area contributed by atoms with Gasteiger partial charge in [-0.2, -0.15) is 4.34 Å². The van der Waals surface area contributed by atoms with Crippen molar-refractivity contribution in [3.05, 3.63) is 33.1 Å². The lowest BCUT2D eigenvalue weighted by Gasteiger charge is -2.10. The molecule has 1 rings (SSSR count). The molecule has 12 heteroatoms. The molecule has 4 N–H and O–H groups in total. The van der Waals surface area contributed by atoms with Gasteiger partial charge < -0.3 is 19.6 Å². The summed E-state index contributed by atoms with van der Waals surface area (Å²) >= 11 is 0. The summed E-state index contributed by atoms with van der Waals surface area (Å²) in [4.78, 5) is 56.8. The van der Waals surface area contributed by atoms with Crippen LogP contribution >= 0.6 is 15.5 Å². The molecule has 0 spiro atoms. The number of hydrogen-bond donors (Lipinski definition) is 4. The average molecular weight is 272 g/mol. The normalized spacial score (nSPS) is 12.8. The Morgan fingerprint density at radius 1 is 1.00 bits per heavy atom. The van der Waals surface area contributed by atoms with Crippen LogP contribution in [0.1, 0.15) is 0 Å². The van der Waals surface area contributed by atoms with Gasteiger partial charge in [0.2, 0.25) is 0 Å². The molecule has 1 aromatic heterocycles. The van der Waals surface area contributed by atoms with Crippen LogP contribution < -0.4 is 11.2 Å². The van der Waals surface area contributed by atoms with Crippen LogP contribution in [0.3, 0.4) is 0 Å². The van der Waals surface area contributed by atoms with Gasteiger partial charge in [-0.25, -0.2) is 18.3 Å². The molecule has 0 aliphatic carbocycles. The summed E-state index contributed by atoms with van der Waals surface area (Å²) in [6.45, 7) is 0. The molecule has 90 valence electrons. The predicted octanol–water partition coefficient (Wildman–Crippen LogP) is -2.11. The molecule has 0 aromatic carbocycles. The van der Waals surface area contributed by atoms with Crippen molar-refractivity contribution in [2.45, 2.75) is 0 Å². The average Bonchev–Trinajstić information content (AvgIpc) is 1.97. The van der Waals surface area contributed by atoms with Crippen molar-refractivity contribution >= 4 is 15.5 Å². The molecule has 0 aliphatic heterocycles. The van der Waals surface area contributed by atoms with Crippen LogP contribution in [0.15, 0.2) is 21.9 Å². The fraction of sp³-hybridized carbons (Fsp3) is 0. The fourth-order valence-corrected chi connectivity index (χ4v) is 2.16. The van der Waals surface area contributed by atoms with Gasteiger partial charge in [-0.15, -0.1) is 0 Å². The quantitative estimate of drug-likeness (QED) is 0.445. The Kier molecular flexibility index (Phi) is 3.08. The Bertz CT molecular complexity index is 616. The van der Waals surface area contributed by atoms with Crippen LogP contribution in [0.25, 0.3) is 0 Å². The molecule has 0 aliphatic rings. The third-order valence-electron chi connectivity index (χ3n) is 1.49. The molecule has 1 aromatic rings. The van der Waals surface area contributed by atoms with Gasteiger partial charge in [0.1, 0.15) is 0 Å². The van der Waals surface area contributed by atoms with Crippen molar-refractivity contribution in [3.63, 3.8) is 0 Å². The van der Waals surface area contributed by atoms with E-state index in [1.807, 2.05) is 0 Å². The van der Waals surface area contributed by atoms with Crippen LogP contribution in [-0.4, -0.2) is 28.2 Å². The lowest BCUT2D eigenvalue weighted by atomic mass is 10.7. The molecular weight excluding hydrogens is 266 g/mol. The highest BCUT2D eigenvalue weighted by Gasteiger charge is 2.27. The van der Waals surface area contributed by atoms with Crippen LogP contribution in [0.4, 0.5) is 0 Å². The van der Waals surface area contributed by atoms with E-state index in [1.54, 1.807) is 0 Å². The van der Waals surface area contributed by atoms with Crippen molar-refractivity contribution in [1.29, 1.82) is 0 Å². The highest BCUT2D eigenvalue weighted by atomic mass is 31.2. The molecule has 16 heavy (non-hydrogen) atoms. The van der Waals surface area contributed by atoms with Gasteiger partial charge in [-0.1, -0.05) is 0 Å². The van der Waals surface area contributed by atoms with Gasteiger partial charge in [0.05, 0.1) is 0 Å². The summed E-state index contributed by atoms with van der Waals surface area (Å²) in [5.74, 6) is 0. The Morgan fingerprint density at radius 3 is 1.88 bits per heavy atom. The summed E-state index contributed by atoms with van der Waals surface area (Å²) in [6.07, 6.45) is 0.456. The number of nitrogens with zero attached hydrogens (tertiary/aromatic N) is 2. The molecule has 0 fully saturated rings. The summed E-state index contributed by atoms with van der Waals surface area (Å²) in [7, 11) is -10.3. The van der Waals surface area contributed by atoms with Crippen LogP contribution in [0, 0.1) is 0 Å². The Hall–Kier alpha value is -1.02. The van der Waals surface area contributed by atoms with Crippen molar-refractivity contribution < 1.29 is 28.7 Å².